The molecular weight excluding hydrogens is 485 g/mol. The topological polar surface area (TPSA) is 115 Å². The molecule has 0 saturated carbocycles. The van der Waals surface area contributed by atoms with E-state index in [2.05, 4.69) is 15.2 Å². The van der Waals surface area contributed by atoms with Crippen LogP contribution in [0, 0.1) is 23.2 Å². The van der Waals surface area contributed by atoms with Crippen LogP contribution in [-0.2, 0) is 6.18 Å². The SMILES string of the molecule is Cc1cccc(C(=O)N2CCC3(C=N)CN(c4cc(C(F)(F)F)ccn4)C3(CC=N)C2)c1-n1nccn1. The van der Waals surface area contributed by atoms with Gasteiger partial charge in [0.25, 0.3) is 5.91 Å². The standard InChI is InChI=1S/C25H25F3N8O/c1-17-3-2-4-19(21(17)36-32-10-11-33-36)22(37)34-12-7-23(14-30)15-35(24(23,16-34)6-8-29)20-13-18(5-9-31-20)25(26,27)28/h2-5,8-11,13-14,29-30H,6-7,12,15-16H2,1H3. The van der Waals surface area contributed by atoms with Gasteiger partial charge in [-0.3, -0.25) is 4.79 Å². The van der Waals surface area contributed by atoms with E-state index in [4.69, 9.17) is 10.8 Å². The molecule has 0 bridgehead atoms. The number of aromatic nitrogens is 4. The molecule has 5 rings (SSSR count). The van der Waals surface area contributed by atoms with E-state index in [-0.39, 0.29) is 31.2 Å². The maximum absolute atomic E-state index is 13.9. The van der Waals surface area contributed by atoms with Crippen molar-refractivity contribution in [1.29, 1.82) is 10.8 Å². The van der Waals surface area contributed by atoms with Gasteiger partial charge >= 0.3 is 6.18 Å². The van der Waals surface area contributed by atoms with Crippen LogP contribution in [0.2, 0.25) is 0 Å². The number of hydrogen-bond donors (Lipinski definition) is 2. The van der Waals surface area contributed by atoms with Gasteiger partial charge in [-0.1, -0.05) is 12.1 Å². The maximum atomic E-state index is 13.9. The predicted molar refractivity (Wildman–Crippen MR) is 131 cm³/mol. The highest BCUT2D eigenvalue weighted by Crippen LogP contribution is 2.55. The number of carbonyl (C=O) groups excluding carboxylic acids is 1. The second-order valence-corrected chi connectivity index (χ2v) is 9.49. The second-order valence-electron chi connectivity index (χ2n) is 9.49. The Kier molecular flexibility index (Phi) is 5.84. The van der Waals surface area contributed by atoms with Crippen molar-refractivity contribution < 1.29 is 18.0 Å². The van der Waals surface area contributed by atoms with E-state index in [1.807, 2.05) is 13.0 Å². The van der Waals surface area contributed by atoms with Crippen molar-refractivity contribution >= 4 is 24.2 Å². The van der Waals surface area contributed by atoms with Gasteiger partial charge in [-0.15, -0.1) is 0 Å². The van der Waals surface area contributed by atoms with Crippen molar-refractivity contribution in [3.05, 3.63) is 65.6 Å². The molecule has 192 valence electrons. The molecular formula is C25H25F3N8O. The zero-order chi connectivity index (χ0) is 26.4. The Morgan fingerprint density at radius 1 is 1.14 bits per heavy atom. The number of hydrogen-bond acceptors (Lipinski definition) is 7. The third-order valence-corrected chi connectivity index (χ3v) is 7.60. The summed E-state index contributed by atoms with van der Waals surface area (Å²) in [5.41, 5.74) is -0.749. The molecule has 3 aromatic rings. The van der Waals surface area contributed by atoms with Crippen molar-refractivity contribution in [2.45, 2.75) is 31.5 Å². The van der Waals surface area contributed by atoms with Gasteiger partial charge in [-0.05, 0) is 43.3 Å². The van der Waals surface area contributed by atoms with Gasteiger partial charge in [-0.25, -0.2) is 4.98 Å². The summed E-state index contributed by atoms with van der Waals surface area (Å²) in [6.45, 7) is 2.62. The fourth-order valence-electron chi connectivity index (χ4n) is 5.66. The van der Waals surface area contributed by atoms with Gasteiger partial charge < -0.3 is 20.6 Å². The van der Waals surface area contributed by atoms with Crippen molar-refractivity contribution in [3.8, 4) is 5.69 Å². The first kappa shape index (κ1) is 24.6. The molecule has 2 atom stereocenters. The predicted octanol–water partition coefficient (Wildman–Crippen LogP) is 3.77. The van der Waals surface area contributed by atoms with Crippen LogP contribution in [0.4, 0.5) is 19.0 Å². The first-order valence-electron chi connectivity index (χ1n) is 11.7. The number of nitrogens with one attached hydrogen (secondary N) is 2. The number of carbonyl (C=O) groups is 1. The zero-order valence-corrected chi connectivity index (χ0v) is 20.0. The average Bonchev–Trinajstić information content (AvgIpc) is 3.40. The largest absolute Gasteiger partial charge is 0.416 e. The highest BCUT2D eigenvalue weighted by Gasteiger charge is 2.66. The molecule has 0 radical (unpaired) electrons. The number of para-hydroxylation sites is 1. The van der Waals surface area contributed by atoms with Gasteiger partial charge in [0, 0.05) is 43.9 Å². The lowest BCUT2D eigenvalue weighted by molar-refractivity contribution is -0.137. The minimum absolute atomic E-state index is 0.112. The highest BCUT2D eigenvalue weighted by atomic mass is 19.4. The van der Waals surface area contributed by atoms with Crippen LogP contribution in [0.25, 0.3) is 5.69 Å². The van der Waals surface area contributed by atoms with Crippen molar-refractivity contribution in [1.82, 2.24) is 24.9 Å². The molecule has 4 heterocycles. The van der Waals surface area contributed by atoms with E-state index in [1.54, 1.807) is 21.9 Å². The van der Waals surface area contributed by atoms with Crippen LogP contribution in [0.1, 0.15) is 34.3 Å². The number of aryl methyl sites for hydroxylation is 1. The summed E-state index contributed by atoms with van der Waals surface area (Å²) in [6.07, 6.45) is 2.72. The molecule has 0 aliphatic carbocycles. The molecule has 2 N–H and O–H groups in total. The highest BCUT2D eigenvalue weighted by molar-refractivity contribution is 5.98. The van der Waals surface area contributed by atoms with Gasteiger partial charge in [0.15, 0.2) is 0 Å². The third kappa shape index (κ3) is 3.78. The monoisotopic (exact) mass is 510 g/mol. The smallest absolute Gasteiger partial charge is 0.347 e. The molecule has 1 aromatic carbocycles. The lowest BCUT2D eigenvalue weighted by atomic mass is 9.56. The Hall–Kier alpha value is -4.09. The third-order valence-electron chi connectivity index (χ3n) is 7.60. The second kappa shape index (κ2) is 8.79. The minimum Gasteiger partial charge on any atom is -0.347 e. The Labute approximate surface area is 210 Å². The maximum Gasteiger partial charge on any atom is 0.416 e. The number of nitrogens with zero attached hydrogens (tertiary/aromatic N) is 6. The summed E-state index contributed by atoms with van der Waals surface area (Å²) in [4.78, 5) is 22.8. The summed E-state index contributed by atoms with van der Waals surface area (Å²) in [6, 6.07) is 7.23. The molecule has 9 nitrogen and oxygen atoms in total. The van der Waals surface area contributed by atoms with E-state index in [9.17, 15) is 18.0 Å². The first-order valence-corrected chi connectivity index (χ1v) is 11.7. The Balaban J connectivity index is 1.54. The first-order chi connectivity index (χ1) is 17.7. The van der Waals surface area contributed by atoms with Gasteiger partial charge in [0.1, 0.15) is 11.5 Å². The van der Waals surface area contributed by atoms with Crippen LogP contribution in [0.15, 0.2) is 48.9 Å². The summed E-state index contributed by atoms with van der Waals surface area (Å²) < 4.78 is 40.3. The number of fused-ring (bicyclic) bond motifs is 1. The van der Waals surface area contributed by atoms with E-state index in [0.29, 0.717) is 24.2 Å². The van der Waals surface area contributed by atoms with Crippen LogP contribution < -0.4 is 4.90 Å². The van der Waals surface area contributed by atoms with Crippen LogP contribution in [0.3, 0.4) is 0 Å². The quantitative estimate of drug-likeness (QED) is 0.490. The fourth-order valence-corrected chi connectivity index (χ4v) is 5.66. The Bertz CT molecular complexity index is 1360. The van der Waals surface area contributed by atoms with E-state index >= 15 is 0 Å². The lowest BCUT2D eigenvalue weighted by Crippen LogP contribution is -2.81. The lowest BCUT2D eigenvalue weighted by Gasteiger charge is -2.68. The Morgan fingerprint density at radius 2 is 1.89 bits per heavy atom. The molecule has 0 spiro atoms. The number of benzene rings is 1. The summed E-state index contributed by atoms with van der Waals surface area (Å²) in [5, 5.41) is 24.5. The number of pyridine rings is 1. The number of alkyl halides is 3. The van der Waals surface area contributed by atoms with Gasteiger partial charge in [0.2, 0.25) is 0 Å². The average molecular weight is 511 g/mol. The molecule has 2 fully saturated rings. The van der Waals surface area contributed by atoms with Gasteiger partial charge in [-0.2, -0.15) is 28.2 Å². The molecule has 2 aliphatic rings. The zero-order valence-electron chi connectivity index (χ0n) is 20.0. The van der Waals surface area contributed by atoms with E-state index < -0.39 is 22.7 Å². The van der Waals surface area contributed by atoms with Gasteiger partial charge in [0.05, 0.1) is 29.1 Å². The number of amides is 1. The van der Waals surface area contributed by atoms with Crippen molar-refractivity contribution in [3.63, 3.8) is 0 Å². The van der Waals surface area contributed by atoms with E-state index in [1.165, 1.54) is 29.6 Å². The number of rotatable bonds is 6. The molecule has 2 saturated heterocycles. The van der Waals surface area contributed by atoms with Crippen LogP contribution >= 0.6 is 0 Å². The summed E-state index contributed by atoms with van der Waals surface area (Å²) in [7, 11) is 0. The number of halogens is 3. The number of piperidine rings is 1. The van der Waals surface area contributed by atoms with Crippen LogP contribution in [0.5, 0.6) is 0 Å². The molecule has 2 aromatic heterocycles. The fraction of sp³-hybridized carbons (Fsp3) is 0.360. The molecule has 2 aliphatic heterocycles. The molecule has 12 heteroatoms. The number of anilines is 1. The van der Waals surface area contributed by atoms with Crippen LogP contribution in [-0.4, -0.2) is 68.4 Å². The summed E-state index contributed by atoms with van der Waals surface area (Å²) in [5.74, 6) is -0.164. The Morgan fingerprint density at radius 3 is 2.57 bits per heavy atom. The molecule has 2 unspecified atom stereocenters. The summed E-state index contributed by atoms with van der Waals surface area (Å²) >= 11 is 0. The number of likely N-dealkylation sites (tertiary alicyclic amines) is 1. The molecule has 37 heavy (non-hydrogen) atoms. The molecule has 1 amide bonds. The minimum atomic E-state index is -4.54. The normalized spacial score (nSPS) is 23.2. The van der Waals surface area contributed by atoms with E-state index in [0.717, 1.165) is 23.9 Å². The van der Waals surface area contributed by atoms with Crippen molar-refractivity contribution in [2.24, 2.45) is 5.41 Å². The van der Waals surface area contributed by atoms with Crippen molar-refractivity contribution in [2.75, 3.05) is 24.5 Å².